The number of fused-ring (bicyclic) bond motifs is 3. The topological polar surface area (TPSA) is 75.4 Å². The first kappa shape index (κ1) is 22.5. The Bertz CT molecular complexity index is 1610. The molecule has 1 aliphatic heterocycles. The summed E-state index contributed by atoms with van der Waals surface area (Å²) >= 11 is 6.24. The van der Waals surface area contributed by atoms with E-state index in [9.17, 15) is 4.79 Å². The molecule has 0 unspecified atom stereocenters. The molecule has 7 nitrogen and oxygen atoms in total. The predicted octanol–water partition coefficient (Wildman–Crippen LogP) is 5.97. The fraction of sp³-hybridized carbons (Fsp3) is 0.214. The zero-order chi connectivity index (χ0) is 24.9. The Hall–Kier alpha value is -3.97. The van der Waals surface area contributed by atoms with E-state index in [4.69, 9.17) is 16.6 Å². The molecule has 1 N–H and O–H groups in total. The van der Waals surface area contributed by atoms with E-state index in [0.29, 0.717) is 23.8 Å². The molecule has 3 heterocycles. The third-order valence-corrected chi connectivity index (χ3v) is 6.88. The van der Waals surface area contributed by atoms with Crippen LogP contribution in [0.4, 0.5) is 11.4 Å². The zero-order valence-corrected chi connectivity index (χ0v) is 20.8. The monoisotopic (exact) mass is 496 g/mol. The number of rotatable bonds is 5. The van der Waals surface area contributed by atoms with Crippen molar-refractivity contribution in [2.75, 3.05) is 16.8 Å². The van der Waals surface area contributed by atoms with Crippen molar-refractivity contribution in [1.82, 2.24) is 19.6 Å². The molecular formula is C28H25ClN6O. The molecule has 180 valence electrons. The lowest BCUT2D eigenvalue weighted by molar-refractivity contribution is -0.117. The first-order valence-corrected chi connectivity index (χ1v) is 12.3. The van der Waals surface area contributed by atoms with E-state index in [1.54, 1.807) is 6.33 Å². The van der Waals surface area contributed by atoms with Gasteiger partial charge in [0.15, 0.2) is 0 Å². The van der Waals surface area contributed by atoms with Crippen LogP contribution in [0.15, 0.2) is 73.1 Å². The van der Waals surface area contributed by atoms with Crippen LogP contribution in [0.1, 0.15) is 26.0 Å². The normalized spacial score (nSPS) is 15.2. The van der Waals surface area contributed by atoms with Gasteiger partial charge in [0, 0.05) is 34.7 Å². The molecule has 1 fully saturated rings. The number of amides is 1. The molecule has 0 spiro atoms. The van der Waals surface area contributed by atoms with Crippen molar-refractivity contribution < 1.29 is 4.79 Å². The van der Waals surface area contributed by atoms with Gasteiger partial charge in [-0.2, -0.15) is 0 Å². The summed E-state index contributed by atoms with van der Waals surface area (Å²) in [5.74, 6) is 0.724. The van der Waals surface area contributed by atoms with Gasteiger partial charge in [-0.05, 0) is 59.0 Å². The second-order valence-corrected chi connectivity index (χ2v) is 10.5. The summed E-state index contributed by atoms with van der Waals surface area (Å²) in [5.41, 5.74) is 5.93. The van der Waals surface area contributed by atoms with Crippen LogP contribution in [-0.2, 0) is 11.3 Å². The number of nitrogens with zero attached hydrogens (tertiary/aromatic N) is 5. The van der Waals surface area contributed by atoms with Crippen molar-refractivity contribution in [1.29, 1.82) is 0 Å². The highest BCUT2D eigenvalue weighted by Crippen LogP contribution is 2.34. The second kappa shape index (κ2) is 8.60. The number of benzene rings is 3. The summed E-state index contributed by atoms with van der Waals surface area (Å²) in [6, 6.07) is 22.2. The van der Waals surface area contributed by atoms with Gasteiger partial charge in [0.25, 0.3) is 5.78 Å². The molecule has 3 aromatic carbocycles. The van der Waals surface area contributed by atoms with Crippen molar-refractivity contribution >= 4 is 45.6 Å². The predicted molar refractivity (Wildman–Crippen MR) is 143 cm³/mol. The Morgan fingerprint density at radius 1 is 1.03 bits per heavy atom. The molecule has 5 aromatic rings. The van der Waals surface area contributed by atoms with Crippen LogP contribution in [0.2, 0.25) is 5.02 Å². The lowest BCUT2D eigenvalue weighted by Crippen LogP contribution is -2.25. The summed E-state index contributed by atoms with van der Waals surface area (Å²) in [6.45, 7) is 5.54. The molecule has 0 bridgehead atoms. The highest BCUT2D eigenvalue weighted by Gasteiger charge is 2.36. The Morgan fingerprint density at radius 3 is 2.64 bits per heavy atom. The molecule has 1 saturated heterocycles. The Morgan fingerprint density at radius 2 is 1.86 bits per heavy atom. The minimum Gasteiger partial charge on any atom is -0.379 e. The van der Waals surface area contributed by atoms with E-state index in [1.807, 2.05) is 51.8 Å². The van der Waals surface area contributed by atoms with Crippen molar-refractivity contribution in [3.05, 3.63) is 83.8 Å². The maximum Gasteiger partial charge on any atom is 0.255 e. The van der Waals surface area contributed by atoms with Gasteiger partial charge in [0.05, 0.1) is 17.8 Å². The number of carbonyl (C=O) groups excluding carboxylic acids is 1. The number of halogens is 1. The van der Waals surface area contributed by atoms with Gasteiger partial charge in [-0.1, -0.05) is 49.7 Å². The molecule has 0 saturated carbocycles. The van der Waals surface area contributed by atoms with E-state index >= 15 is 0 Å². The highest BCUT2D eigenvalue weighted by molar-refractivity contribution is 6.31. The summed E-state index contributed by atoms with van der Waals surface area (Å²) in [7, 11) is 0. The van der Waals surface area contributed by atoms with Crippen molar-refractivity contribution in [2.24, 2.45) is 5.41 Å². The van der Waals surface area contributed by atoms with Crippen LogP contribution in [0.5, 0.6) is 0 Å². The number of anilines is 2. The Balaban J connectivity index is 1.23. The van der Waals surface area contributed by atoms with Crippen molar-refractivity contribution in [2.45, 2.75) is 26.8 Å². The SMILES string of the molecule is CC1(C)CC(=O)N(c2ccc(-c3cccc(NCc4nc5nncn5c5cc(Cl)ccc45)c3)cc2)C1. The van der Waals surface area contributed by atoms with Gasteiger partial charge in [-0.15, -0.1) is 10.2 Å². The maximum absolute atomic E-state index is 12.4. The fourth-order valence-electron chi connectivity index (χ4n) is 4.88. The summed E-state index contributed by atoms with van der Waals surface area (Å²) < 4.78 is 1.84. The van der Waals surface area contributed by atoms with E-state index in [1.165, 1.54) is 0 Å². The first-order valence-electron chi connectivity index (χ1n) is 11.9. The number of carbonyl (C=O) groups is 1. The maximum atomic E-state index is 12.4. The highest BCUT2D eigenvalue weighted by atomic mass is 35.5. The summed E-state index contributed by atoms with van der Waals surface area (Å²) in [6.07, 6.45) is 2.23. The molecule has 8 heteroatoms. The van der Waals surface area contributed by atoms with Crippen molar-refractivity contribution in [3.63, 3.8) is 0 Å². The molecular weight excluding hydrogens is 472 g/mol. The molecule has 2 aromatic heterocycles. The molecule has 1 amide bonds. The molecule has 1 aliphatic rings. The average Bonchev–Trinajstić information content (AvgIpc) is 3.45. The fourth-order valence-corrected chi connectivity index (χ4v) is 5.05. The van der Waals surface area contributed by atoms with Gasteiger partial charge in [-0.25, -0.2) is 4.98 Å². The number of aromatic nitrogens is 4. The minimum absolute atomic E-state index is 0.0147. The molecule has 0 aliphatic carbocycles. The average molecular weight is 497 g/mol. The third-order valence-electron chi connectivity index (χ3n) is 6.65. The smallest absolute Gasteiger partial charge is 0.255 e. The first-order chi connectivity index (χ1) is 17.4. The second-order valence-electron chi connectivity index (χ2n) is 10.0. The summed E-state index contributed by atoms with van der Waals surface area (Å²) in [5, 5.41) is 13.3. The Labute approximate surface area is 213 Å². The number of hydrogen-bond donors (Lipinski definition) is 1. The molecule has 0 atom stereocenters. The van der Waals surface area contributed by atoms with E-state index in [2.05, 4.69) is 53.6 Å². The third kappa shape index (κ3) is 4.16. The van der Waals surface area contributed by atoms with Gasteiger partial charge < -0.3 is 10.2 Å². The van der Waals surface area contributed by atoms with Crippen molar-refractivity contribution in [3.8, 4) is 11.1 Å². The van der Waals surface area contributed by atoms with Gasteiger partial charge in [0.1, 0.15) is 6.33 Å². The van der Waals surface area contributed by atoms with Gasteiger partial charge in [0.2, 0.25) is 5.91 Å². The lowest BCUT2D eigenvalue weighted by atomic mass is 9.93. The largest absolute Gasteiger partial charge is 0.379 e. The zero-order valence-electron chi connectivity index (χ0n) is 20.1. The van der Waals surface area contributed by atoms with Crippen LogP contribution >= 0.6 is 11.6 Å². The van der Waals surface area contributed by atoms with Gasteiger partial charge >= 0.3 is 0 Å². The van der Waals surface area contributed by atoms with Crippen LogP contribution in [0.3, 0.4) is 0 Å². The summed E-state index contributed by atoms with van der Waals surface area (Å²) in [4.78, 5) is 19.0. The lowest BCUT2D eigenvalue weighted by Gasteiger charge is -2.20. The quantitative estimate of drug-likeness (QED) is 0.324. The Kier molecular flexibility index (Phi) is 5.38. The van der Waals surface area contributed by atoms with Crippen LogP contribution in [0, 0.1) is 5.41 Å². The minimum atomic E-state index is 0.0147. The molecule has 6 rings (SSSR count). The van der Waals surface area contributed by atoms with Crippen LogP contribution in [0.25, 0.3) is 27.8 Å². The van der Waals surface area contributed by atoms with E-state index < -0.39 is 0 Å². The number of nitrogens with one attached hydrogen (secondary N) is 1. The molecule has 36 heavy (non-hydrogen) atoms. The van der Waals surface area contributed by atoms with Crippen LogP contribution < -0.4 is 10.2 Å². The standard InChI is InChI=1S/C28H25ClN6O/c1-28(2)14-26(36)34(16-28)22-9-6-18(7-10-22)19-4-3-5-21(12-19)30-15-24-23-11-8-20(29)13-25(23)35-17-31-33-27(35)32-24/h3-13,17,30H,14-16H2,1-2H3. The van der Waals surface area contributed by atoms with Crippen LogP contribution in [-0.4, -0.2) is 32.0 Å². The van der Waals surface area contributed by atoms with E-state index in [-0.39, 0.29) is 11.3 Å². The van der Waals surface area contributed by atoms with E-state index in [0.717, 1.165) is 45.6 Å². The molecule has 0 radical (unpaired) electrons. The number of hydrogen-bond acceptors (Lipinski definition) is 5. The van der Waals surface area contributed by atoms with Gasteiger partial charge in [-0.3, -0.25) is 9.20 Å².